The van der Waals surface area contributed by atoms with E-state index in [4.69, 9.17) is 10.2 Å². The van der Waals surface area contributed by atoms with Gasteiger partial charge in [-0.15, -0.1) is 0 Å². The summed E-state index contributed by atoms with van der Waals surface area (Å²) in [7, 11) is -3.78. The Balaban J connectivity index is 1.55. The van der Waals surface area contributed by atoms with Crippen molar-refractivity contribution in [2.75, 3.05) is 0 Å². The van der Waals surface area contributed by atoms with Crippen LogP contribution in [0.2, 0.25) is 0 Å². The molecule has 37 heavy (non-hydrogen) atoms. The summed E-state index contributed by atoms with van der Waals surface area (Å²) in [5.41, 5.74) is 6.54. The Kier molecular flexibility index (Phi) is 6.63. The van der Waals surface area contributed by atoms with Crippen LogP contribution >= 0.6 is 11.8 Å². The van der Waals surface area contributed by atoms with Gasteiger partial charge >= 0.3 is 5.97 Å². The van der Waals surface area contributed by atoms with E-state index in [0.717, 1.165) is 39.1 Å². The van der Waals surface area contributed by atoms with Crippen molar-refractivity contribution in [2.45, 2.75) is 23.7 Å². The van der Waals surface area contributed by atoms with E-state index in [2.05, 4.69) is 36.5 Å². The van der Waals surface area contributed by atoms with Crippen LogP contribution in [0.3, 0.4) is 0 Å². The van der Waals surface area contributed by atoms with E-state index in [1.54, 1.807) is 22.2 Å². The van der Waals surface area contributed by atoms with E-state index in [9.17, 15) is 18.3 Å². The smallest absolute Gasteiger partial charge is 0.352 e. The lowest BCUT2D eigenvalue weighted by Gasteiger charge is -2.12. The van der Waals surface area contributed by atoms with E-state index >= 15 is 0 Å². The summed E-state index contributed by atoms with van der Waals surface area (Å²) in [5, 5.41) is 24.0. The van der Waals surface area contributed by atoms with Gasteiger partial charge in [0, 0.05) is 29.2 Å². The Morgan fingerprint density at radius 3 is 2.46 bits per heavy atom. The number of carboxylic acids is 1. The molecule has 4 aromatic rings. The van der Waals surface area contributed by atoms with E-state index in [1.165, 1.54) is 23.9 Å². The highest BCUT2D eigenvalue weighted by atomic mass is 32.2. The Bertz CT molecular complexity index is 1610. The number of nitrogens with zero attached hydrogens (tertiary/aromatic N) is 2. The summed E-state index contributed by atoms with van der Waals surface area (Å²) >= 11 is 1.33. The molecule has 10 heteroatoms. The highest BCUT2D eigenvalue weighted by Gasteiger charge is 2.25. The summed E-state index contributed by atoms with van der Waals surface area (Å²) < 4.78 is 25.0. The van der Waals surface area contributed by atoms with Crippen molar-refractivity contribution in [3.63, 3.8) is 0 Å². The van der Waals surface area contributed by atoms with E-state index in [0.29, 0.717) is 6.42 Å². The fourth-order valence-corrected chi connectivity index (χ4v) is 5.59. The van der Waals surface area contributed by atoms with Crippen molar-refractivity contribution in [1.29, 1.82) is 0 Å². The Morgan fingerprint density at radius 1 is 1.08 bits per heavy atom. The van der Waals surface area contributed by atoms with Gasteiger partial charge in [0.25, 0.3) is 0 Å². The Hall–Kier alpha value is -3.86. The molecule has 0 saturated carbocycles. The molecule has 0 saturated heterocycles. The molecule has 0 spiro atoms. The maximum absolute atomic E-state index is 11.7. The molecular weight excluding hydrogens is 508 g/mol. The molecule has 8 nitrogen and oxygen atoms in total. The minimum Gasteiger partial charge on any atom is -0.477 e. The number of sulfonamides is 1. The van der Waals surface area contributed by atoms with Crippen molar-refractivity contribution in [3.8, 4) is 22.4 Å². The van der Waals surface area contributed by atoms with Gasteiger partial charge in [0.1, 0.15) is 5.70 Å². The summed E-state index contributed by atoms with van der Waals surface area (Å²) in [4.78, 5) is 11.4. The average molecular weight is 533 g/mol. The number of carboxylic acid groups (broad SMARTS) is 1. The molecule has 2 heterocycles. The second-order valence-electron chi connectivity index (χ2n) is 8.71. The lowest BCUT2D eigenvalue weighted by molar-refractivity contribution is -0.133. The quantitative estimate of drug-likeness (QED) is 0.320. The number of nitrogens with two attached hydrogens (primary N) is 1. The summed E-state index contributed by atoms with van der Waals surface area (Å²) in [6, 6.07) is 22.8. The molecule has 0 amide bonds. The van der Waals surface area contributed by atoms with Gasteiger partial charge in [-0.3, -0.25) is 0 Å². The Labute approximate surface area is 218 Å². The van der Waals surface area contributed by atoms with Crippen molar-refractivity contribution in [1.82, 2.24) is 15.1 Å². The van der Waals surface area contributed by atoms with E-state index in [1.807, 2.05) is 30.5 Å². The predicted octanol–water partition coefficient (Wildman–Crippen LogP) is 4.48. The van der Waals surface area contributed by atoms with Crippen LogP contribution in [0.25, 0.3) is 22.4 Å². The first-order valence-corrected chi connectivity index (χ1v) is 13.9. The van der Waals surface area contributed by atoms with Gasteiger partial charge in [0.15, 0.2) is 5.50 Å². The molecule has 1 unspecified atom stereocenters. The third-order valence-corrected chi connectivity index (χ3v) is 8.01. The third kappa shape index (κ3) is 5.31. The standard InChI is InChI=1S/C27H24N4O4S2/c1-17-7-10-20(14-23(17)19-5-3-2-4-6-19)25-21(13-18-8-11-22(12-9-18)37(28,34)35)15-31(30-25)27-29-24(16-36-27)26(32)33/h2-12,14-16,27,29H,13H2,1H3,(H,32,33)(H2,28,34,35). The summed E-state index contributed by atoms with van der Waals surface area (Å²) in [6.45, 7) is 2.07. The van der Waals surface area contributed by atoms with Crippen LogP contribution in [0.15, 0.2) is 95.0 Å². The number of hydrogen-bond donors (Lipinski definition) is 3. The summed E-state index contributed by atoms with van der Waals surface area (Å²) in [6.07, 6.45) is 2.39. The number of nitrogens with one attached hydrogen (secondary N) is 1. The van der Waals surface area contributed by atoms with Gasteiger partial charge in [0.05, 0.1) is 10.6 Å². The highest BCUT2D eigenvalue weighted by molar-refractivity contribution is 8.02. The topological polar surface area (TPSA) is 127 Å². The zero-order valence-corrected chi connectivity index (χ0v) is 21.5. The Morgan fingerprint density at radius 2 is 1.81 bits per heavy atom. The predicted molar refractivity (Wildman–Crippen MR) is 144 cm³/mol. The lowest BCUT2D eigenvalue weighted by atomic mass is 9.95. The lowest BCUT2D eigenvalue weighted by Crippen LogP contribution is -2.23. The van der Waals surface area contributed by atoms with Crippen LogP contribution in [-0.2, 0) is 21.2 Å². The largest absolute Gasteiger partial charge is 0.477 e. The van der Waals surface area contributed by atoms with Gasteiger partial charge in [-0.05, 0) is 47.4 Å². The van der Waals surface area contributed by atoms with Gasteiger partial charge < -0.3 is 10.4 Å². The SMILES string of the molecule is Cc1ccc(-c2nn(C3NC(C(=O)O)=CS3)cc2Cc2ccc(S(N)(=O)=O)cc2)cc1-c1ccccc1. The molecular formula is C27H24N4O4S2. The fraction of sp³-hybridized carbons (Fsp3) is 0.111. The molecule has 188 valence electrons. The molecule has 1 aliphatic heterocycles. The van der Waals surface area contributed by atoms with Gasteiger partial charge in [-0.25, -0.2) is 23.0 Å². The van der Waals surface area contributed by atoms with Gasteiger partial charge in [-0.1, -0.05) is 66.4 Å². The molecule has 5 rings (SSSR count). The maximum atomic E-state index is 11.7. The second-order valence-corrected chi connectivity index (χ2v) is 11.2. The second kappa shape index (κ2) is 9.89. The molecule has 1 atom stereocenters. The first-order chi connectivity index (χ1) is 17.7. The first-order valence-electron chi connectivity index (χ1n) is 11.4. The molecule has 1 aliphatic rings. The van der Waals surface area contributed by atoms with Gasteiger partial charge in [0.2, 0.25) is 10.0 Å². The zero-order chi connectivity index (χ0) is 26.2. The number of aryl methyl sites for hydroxylation is 1. The molecule has 4 N–H and O–H groups in total. The third-order valence-electron chi connectivity index (χ3n) is 6.11. The first kappa shape index (κ1) is 24.8. The minimum atomic E-state index is -3.78. The minimum absolute atomic E-state index is 0.0528. The monoisotopic (exact) mass is 532 g/mol. The van der Waals surface area contributed by atoms with Crippen molar-refractivity contribution in [3.05, 3.63) is 107 Å². The van der Waals surface area contributed by atoms with Crippen LogP contribution in [-0.4, -0.2) is 29.3 Å². The normalized spacial score (nSPS) is 15.3. The van der Waals surface area contributed by atoms with Crippen LogP contribution in [0.5, 0.6) is 0 Å². The number of benzene rings is 3. The highest BCUT2D eigenvalue weighted by Crippen LogP contribution is 2.35. The number of rotatable bonds is 7. The number of carbonyl (C=O) groups is 1. The molecule has 0 fully saturated rings. The van der Waals surface area contributed by atoms with Crippen molar-refractivity contribution >= 4 is 27.8 Å². The average Bonchev–Trinajstić information content (AvgIpc) is 3.53. The number of aliphatic carboxylic acids is 1. The van der Waals surface area contributed by atoms with E-state index < -0.39 is 21.5 Å². The number of aromatic nitrogens is 2. The van der Waals surface area contributed by atoms with Crippen molar-refractivity contribution in [2.24, 2.45) is 5.14 Å². The van der Waals surface area contributed by atoms with Crippen molar-refractivity contribution < 1.29 is 18.3 Å². The maximum Gasteiger partial charge on any atom is 0.352 e. The molecule has 0 aliphatic carbocycles. The summed E-state index contributed by atoms with van der Waals surface area (Å²) in [5.74, 6) is -1.02. The number of hydrogen-bond acceptors (Lipinski definition) is 6. The van der Waals surface area contributed by atoms with Crippen LogP contribution in [0.1, 0.15) is 22.2 Å². The van der Waals surface area contributed by atoms with Crippen LogP contribution in [0.4, 0.5) is 0 Å². The number of primary sulfonamides is 1. The molecule has 0 bridgehead atoms. The van der Waals surface area contributed by atoms with Crippen LogP contribution < -0.4 is 10.5 Å². The molecule has 1 aromatic heterocycles. The number of thioether (sulfide) groups is 1. The van der Waals surface area contributed by atoms with Crippen LogP contribution in [0, 0.1) is 6.92 Å². The fourth-order valence-electron chi connectivity index (χ4n) is 4.21. The van der Waals surface area contributed by atoms with Gasteiger partial charge in [-0.2, -0.15) is 5.10 Å². The zero-order valence-electron chi connectivity index (χ0n) is 19.8. The molecule has 3 aromatic carbocycles. The van der Waals surface area contributed by atoms with E-state index in [-0.39, 0.29) is 10.6 Å². The molecule has 0 radical (unpaired) electrons.